The smallest absolute Gasteiger partial charge is 0.333 e. The molecule has 0 rings (SSSR count). The molecule has 0 radical (unpaired) electrons. The Morgan fingerprint density at radius 1 is 0.613 bits per heavy atom. The summed E-state index contributed by atoms with van der Waals surface area (Å²) in [6.07, 6.45) is 24.2. The van der Waals surface area contributed by atoms with E-state index in [2.05, 4.69) is 25.3 Å². The highest BCUT2D eigenvalue weighted by molar-refractivity contribution is 5.86. The molecule has 0 aliphatic rings. The third kappa shape index (κ3) is 22.2. The van der Waals surface area contributed by atoms with Crippen molar-refractivity contribution in [2.45, 2.75) is 136 Å². The van der Waals surface area contributed by atoms with Crippen LogP contribution in [0.5, 0.6) is 0 Å². The van der Waals surface area contributed by atoms with Crippen molar-refractivity contribution >= 4 is 5.97 Å². The van der Waals surface area contributed by atoms with Crippen LogP contribution in [0.15, 0.2) is 12.2 Å². The summed E-state index contributed by atoms with van der Waals surface area (Å²) in [5.41, 5.74) is 0.493. The van der Waals surface area contributed by atoms with E-state index in [1.807, 2.05) is 0 Å². The topological polar surface area (TPSA) is 29.5 Å². The zero-order valence-electron chi connectivity index (χ0n) is 21.5. The molecule has 0 saturated heterocycles. The van der Waals surface area contributed by atoms with E-state index in [1.165, 1.54) is 129 Å². The molecular weight excluding hydrogens is 382 g/mol. The van der Waals surface area contributed by atoms with Gasteiger partial charge in [0.15, 0.2) is 0 Å². The van der Waals surface area contributed by atoms with Crippen molar-refractivity contribution in [2.75, 3.05) is 26.2 Å². The number of nitrogens with zero attached hydrogens (tertiary/aromatic N) is 1. The molecule has 0 heterocycles. The number of unbranched alkanes of at least 4 members (excludes halogenated alkanes) is 15. The third-order valence-corrected chi connectivity index (χ3v) is 6.11. The van der Waals surface area contributed by atoms with E-state index in [0.717, 1.165) is 6.42 Å². The molecule has 0 amide bonds. The van der Waals surface area contributed by atoms with Crippen molar-refractivity contribution in [1.29, 1.82) is 0 Å². The van der Waals surface area contributed by atoms with Gasteiger partial charge < -0.3 is 9.64 Å². The first-order valence-corrected chi connectivity index (χ1v) is 13.7. The molecule has 0 fully saturated rings. The van der Waals surface area contributed by atoms with Gasteiger partial charge in [0.1, 0.15) is 0 Å². The molecule has 0 aromatic rings. The lowest BCUT2D eigenvalue weighted by Gasteiger charge is -2.21. The molecule has 3 nitrogen and oxygen atoms in total. The van der Waals surface area contributed by atoms with Gasteiger partial charge >= 0.3 is 5.97 Å². The molecule has 0 N–H and O–H groups in total. The van der Waals surface area contributed by atoms with E-state index in [0.29, 0.717) is 12.2 Å². The van der Waals surface area contributed by atoms with Crippen LogP contribution < -0.4 is 0 Å². The average Bonchev–Trinajstić information content (AvgIpc) is 2.76. The van der Waals surface area contributed by atoms with Crippen LogP contribution in [-0.2, 0) is 9.53 Å². The first-order chi connectivity index (χ1) is 15.1. The van der Waals surface area contributed by atoms with Crippen LogP contribution in [0.25, 0.3) is 0 Å². The Morgan fingerprint density at radius 2 is 0.968 bits per heavy atom. The fourth-order valence-corrected chi connectivity index (χ4v) is 3.95. The van der Waals surface area contributed by atoms with Gasteiger partial charge in [0.2, 0.25) is 0 Å². The largest absolute Gasteiger partial charge is 0.462 e. The quantitative estimate of drug-likeness (QED) is 0.0861. The van der Waals surface area contributed by atoms with Crippen LogP contribution >= 0.6 is 0 Å². The number of carbonyl (C=O) groups is 1. The van der Waals surface area contributed by atoms with Crippen LogP contribution in [0.2, 0.25) is 0 Å². The van der Waals surface area contributed by atoms with Crippen molar-refractivity contribution in [1.82, 2.24) is 4.90 Å². The zero-order valence-corrected chi connectivity index (χ0v) is 21.5. The molecule has 0 atom stereocenters. The Kier molecular flexibility index (Phi) is 23.2. The second kappa shape index (κ2) is 23.8. The van der Waals surface area contributed by atoms with E-state index in [9.17, 15) is 4.79 Å². The zero-order chi connectivity index (χ0) is 23.0. The van der Waals surface area contributed by atoms with Crippen LogP contribution in [0, 0.1) is 0 Å². The van der Waals surface area contributed by atoms with Gasteiger partial charge in [-0.2, -0.15) is 0 Å². The minimum atomic E-state index is -0.253. The molecule has 31 heavy (non-hydrogen) atoms. The minimum Gasteiger partial charge on any atom is -0.462 e. The number of hydrogen-bond donors (Lipinski definition) is 0. The summed E-state index contributed by atoms with van der Waals surface area (Å²) in [5, 5.41) is 0. The Morgan fingerprint density at radius 3 is 1.35 bits per heavy atom. The molecule has 0 saturated carbocycles. The van der Waals surface area contributed by atoms with E-state index < -0.39 is 0 Å². The van der Waals surface area contributed by atoms with Crippen molar-refractivity contribution in [3.05, 3.63) is 12.2 Å². The summed E-state index contributed by atoms with van der Waals surface area (Å²) in [6, 6.07) is 0. The summed E-state index contributed by atoms with van der Waals surface area (Å²) < 4.78 is 5.11. The summed E-state index contributed by atoms with van der Waals surface area (Å²) in [5.74, 6) is -0.253. The monoisotopic (exact) mass is 437 g/mol. The molecule has 184 valence electrons. The maximum Gasteiger partial charge on any atom is 0.333 e. The summed E-state index contributed by atoms with van der Waals surface area (Å²) in [6.45, 7) is 14.4. The predicted octanol–water partition coefficient (Wildman–Crippen LogP) is 8.47. The maximum atomic E-state index is 11.3. The predicted molar refractivity (Wildman–Crippen MR) is 137 cm³/mol. The second-order valence-electron chi connectivity index (χ2n) is 9.41. The first kappa shape index (κ1) is 30.2. The molecule has 0 bridgehead atoms. The Labute approximate surface area is 195 Å². The lowest BCUT2D eigenvalue weighted by atomic mass is 10.0. The van der Waals surface area contributed by atoms with Gasteiger partial charge in [0.05, 0.1) is 6.61 Å². The lowest BCUT2D eigenvalue weighted by molar-refractivity contribution is -0.139. The summed E-state index contributed by atoms with van der Waals surface area (Å²) in [7, 11) is 0. The highest BCUT2D eigenvalue weighted by Crippen LogP contribution is 2.13. The maximum absolute atomic E-state index is 11.3. The molecule has 0 unspecified atom stereocenters. The normalized spacial score (nSPS) is 11.2. The van der Waals surface area contributed by atoms with Gasteiger partial charge in [-0.15, -0.1) is 0 Å². The van der Waals surface area contributed by atoms with Gasteiger partial charge in [-0.05, 0) is 52.2 Å². The van der Waals surface area contributed by atoms with Crippen molar-refractivity contribution < 1.29 is 9.53 Å². The molecular formula is C28H55NO2. The molecule has 0 aromatic heterocycles. The number of esters is 1. The first-order valence-electron chi connectivity index (χ1n) is 13.7. The fraction of sp³-hybridized carbons (Fsp3) is 0.893. The van der Waals surface area contributed by atoms with Crippen molar-refractivity contribution in [3.63, 3.8) is 0 Å². The van der Waals surface area contributed by atoms with E-state index in [1.54, 1.807) is 6.92 Å². The average molecular weight is 438 g/mol. The Balaban J connectivity index is 3.28. The van der Waals surface area contributed by atoms with Crippen LogP contribution in [0.4, 0.5) is 0 Å². The van der Waals surface area contributed by atoms with E-state index >= 15 is 0 Å². The highest BCUT2D eigenvalue weighted by atomic mass is 16.5. The van der Waals surface area contributed by atoms with Crippen LogP contribution in [-0.4, -0.2) is 37.1 Å². The molecule has 0 aliphatic heterocycles. The minimum absolute atomic E-state index is 0.253. The SMILES string of the molecule is C=C(C)C(=O)OCCCCCCCCCCCCCCCCN(CCCC)CCCC. The number of carbonyl (C=O) groups excluding carboxylic acids is 1. The van der Waals surface area contributed by atoms with Crippen LogP contribution in [0.1, 0.15) is 136 Å². The standard InChI is InChI=1S/C28H55NO2/c1-5-7-23-29(24-8-6-2)25-21-19-17-15-13-11-9-10-12-14-16-18-20-22-26-31-28(30)27(3)4/h3,5-26H2,1-2,4H3. The second-order valence-corrected chi connectivity index (χ2v) is 9.41. The lowest BCUT2D eigenvalue weighted by Crippen LogP contribution is -2.27. The molecule has 0 aromatic carbocycles. The van der Waals surface area contributed by atoms with Crippen molar-refractivity contribution in [3.8, 4) is 0 Å². The number of hydrogen-bond acceptors (Lipinski definition) is 3. The van der Waals surface area contributed by atoms with Gasteiger partial charge in [0, 0.05) is 5.57 Å². The highest BCUT2D eigenvalue weighted by Gasteiger charge is 2.04. The summed E-state index contributed by atoms with van der Waals surface area (Å²) in [4.78, 5) is 14.0. The fourth-order valence-electron chi connectivity index (χ4n) is 3.95. The molecule has 0 aliphatic carbocycles. The number of ether oxygens (including phenoxy) is 1. The molecule has 0 spiro atoms. The summed E-state index contributed by atoms with van der Waals surface area (Å²) >= 11 is 0. The van der Waals surface area contributed by atoms with Crippen LogP contribution in [0.3, 0.4) is 0 Å². The van der Waals surface area contributed by atoms with E-state index in [-0.39, 0.29) is 5.97 Å². The third-order valence-electron chi connectivity index (χ3n) is 6.11. The van der Waals surface area contributed by atoms with Gasteiger partial charge in [-0.1, -0.05) is 110 Å². The Bertz CT molecular complexity index is 400. The Hall–Kier alpha value is -0.830. The van der Waals surface area contributed by atoms with Gasteiger partial charge in [-0.25, -0.2) is 4.79 Å². The van der Waals surface area contributed by atoms with Gasteiger partial charge in [0.25, 0.3) is 0 Å². The van der Waals surface area contributed by atoms with Crippen molar-refractivity contribution in [2.24, 2.45) is 0 Å². The molecule has 3 heteroatoms. The van der Waals surface area contributed by atoms with Gasteiger partial charge in [-0.3, -0.25) is 0 Å². The number of rotatable bonds is 24. The van der Waals surface area contributed by atoms with E-state index in [4.69, 9.17) is 4.74 Å².